The normalized spacial score (nSPS) is 9.12. The molecule has 1 heterocycles. The first kappa shape index (κ1) is 12.9. The molecule has 0 aromatic carbocycles. The minimum Gasteiger partial charge on any atom is -0.460 e. The molecule has 0 aliphatic heterocycles. The number of carbonyl (C=O) groups is 2. The van der Waals surface area contributed by atoms with Crippen molar-refractivity contribution >= 4 is 39.0 Å². The van der Waals surface area contributed by atoms with E-state index in [1.807, 2.05) is 0 Å². The van der Waals surface area contributed by atoms with Crippen molar-refractivity contribution in [3.63, 3.8) is 0 Å². The van der Waals surface area contributed by atoms with Crippen LogP contribution in [0.15, 0.2) is 12.1 Å². The summed E-state index contributed by atoms with van der Waals surface area (Å²) in [5, 5.41) is 0.575. The van der Waals surface area contributed by atoms with Gasteiger partial charge >= 0.3 is 5.97 Å². The van der Waals surface area contributed by atoms with E-state index in [-0.39, 0.29) is 6.61 Å². The van der Waals surface area contributed by atoms with Crippen molar-refractivity contribution in [2.24, 2.45) is 0 Å². The van der Waals surface area contributed by atoms with Gasteiger partial charge in [-0.3, -0.25) is 4.79 Å². The van der Waals surface area contributed by atoms with E-state index in [0.717, 1.165) is 4.88 Å². The average molecular weight is 301 g/mol. The van der Waals surface area contributed by atoms with Crippen LogP contribution in [0, 0.1) is 11.8 Å². The molecule has 84 valence electrons. The molecule has 0 fully saturated rings. The topological polar surface area (TPSA) is 43.4 Å². The summed E-state index contributed by atoms with van der Waals surface area (Å²) < 4.78 is 4.62. The largest absolute Gasteiger partial charge is 0.460 e. The molecule has 0 unspecified atom stereocenters. The Balaban J connectivity index is 2.78. The molecule has 0 amide bonds. The second-order valence-electron chi connectivity index (χ2n) is 2.65. The summed E-state index contributed by atoms with van der Waals surface area (Å²) in [6.45, 7) is 1.86. The number of carbonyl (C=O) groups excluding carboxylic acids is 2. The maximum Gasteiger partial charge on any atom is 0.380 e. The Kier molecular flexibility index (Phi) is 5.23. The van der Waals surface area contributed by atoms with Gasteiger partial charge in [0.2, 0.25) is 0 Å². The molecule has 0 bridgehead atoms. The maximum atomic E-state index is 11.5. The van der Waals surface area contributed by atoms with Crippen molar-refractivity contribution < 1.29 is 14.3 Å². The summed E-state index contributed by atoms with van der Waals surface area (Å²) in [6, 6.07) is 3.30. The molecule has 5 heteroatoms. The molecule has 0 saturated carbocycles. The van der Waals surface area contributed by atoms with Crippen molar-refractivity contribution in [2.75, 3.05) is 11.9 Å². The lowest BCUT2D eigenvalue weighted by Gasteiger charge is -1.96. The molecule has 16 heavy (non-hydrogen) atoms. The van der Waals surface area contributed by atoms with Gasteiger partial charge in [0.15, 0.2) is 0 Å². The van der Waals surface area contributed by atoms with Crippen LogP contribution in [-0.2, 0) is 9.53 Å². The van der Waals surface area contributed by atoms with Crippen molar-refractivity contribution in [1.82, 2.24) is 0 Å². The number of ketones is 1. The monoisotopic (exact) mass is 300 g/mol. The number of esters is 1. The fraction of sp³-hybridized carbons (Fsp3) is 0.273. The summed E-state index contributed by atoms with van der Waals surface area (Å²) in [5.41, 5.74) is 0. The number of hydrogen-bond acceptors (Lipinski definition) is 4. The summed E-state index contributed by atoms with van der Waals surface area (Å²) in [5.74, 6) is 4.25. The van der Waals surface area contributed by atoms with Gasteiger partial charge in [0.25, 0.3) is 5.78 Å². The number of Topliss-reactive ketones (excluding diaryl/α,β-unsaturated/α-hetero) is 1. The standard InChI is InChI=1S/C11H9BrO3S/c1-2-15-11(14)10(13)9-6-5-8(16-9)4-3-7-12/h5-6H,2,7H2,1H3. The summed E-state index contributed by atoms with van der Waals surface area (Å²) in [4.78, 5) is 23.8. The zero-order valence-corrected chi connectivity index (χ0v) is 11.0. The predicted octanol–water partition coefficient (Wildman–Crippen LogP) is 2.24. The fourth-order valence-electron chi connectivity index (χ4n) is 0.945. The third kappa shape index (κ3) is 3.47. The lowest BCUT2D eigenvalue weighted by Crippen LogP contribution is -2.16. The second-order valence-corrected chi connectivity index (χ2v) is 4.29. The van der Waals surface area contributed by atoms with Crippen LogP contribution in [0.2, 0.25) is 0 Å². The van der Waals surface area contributed by atoms with E-state index in [4.69, 9.17) is 0 Å². The smallest absolute Gasteiger partial charge is 0.380 e. The molecule has 0 spiro atoms. The molecule has 0 aliphatic rings. The van der Waals surface area contributed by atoms with Crippen molar-refractivity contribution in [3.8, 4) is 11.8 Å². The Morgan fingerprint density at radius 2 is 2.25 bits per heavy atom. The van der Waals surface area contributed by atoms with Gasteiger partial charge in [0, 0.05) is 0 Å². The van der Waals surface area contributed by atoms with E-state index in [2.05, 4.69) is 32.5 Å². The molecule has 0 aliphatic carbocycles. The van der Waals surface area contributed by atoms with Crippen molar-refractivity contribution in [2.45, 2.75) is 6.92 Å². The first-order valence-electron chi connectivity index (χ1n) is 4.55. The zero-order chi connectivity index (χ0) is 12.0. The second kappa shape index (κ2) is 6.46. The van der Waals surface area contributed by atoms with Crippen LogP contribution in [0.5, 0.6) is 0 Å². The van der Waals surface area contributed by atoms with Crippen LogP contribution in [0.25, 0.3) is 0 Å². The molecule has 3 nitrogen and oxygen atoms in total. The van der Waals surface area contributed by atoms with Crippen LogP contribution in [0.3, 0.4) is 0 Å². The Morgan fingerprint density at radius 3 is 2.88 bits per heavy atom. The van der Waals surface area contributed by atoms with Crippen LogP contribution < -0.4 is 0 Å². The van der Waals surface area contributed by atoms with Crippen molar-refractivity contribution in [1.29, 1.82) is 0 Å². The van der Waals surface area contributed by atoms with E-state index >= 15 is 0 Å². The molecule has 0 atom stereocenters. The van der Waals surface area contributed by atoms with Crippen LogP contribution >= 0.6 is 27.3 Å². The summed E-state index contributed by atoms with van der Waals surface area (Å²) in [6.07, 6.45) is 0. The quantitative estimate of drug-likeness (QED) is 0.283. The van der Waals surface area contributed by atoms with Gasteiger partial charge in [-0.1, -0.05) is 27.8 Å². The van der Waals surface area contributed by atoms with Crippen molar-refractivity contribution in [3.05, 3.63) is 21.9 Å². The van der Waals surface area contributed by atoms with Gasteiger partial charge < -0.3 is 4.74 Å². The SMILES string of the molecule is CCOC(=O)C(=O)c1ccc(C#CCBr)s1. The van der Waals surface area contributed by atoms with Gasteiger partial charge in [-0.2, -0.15) is 0 Å². The van der Waals surface area contributed by atoms with E-state index < -0.39 is 11.8 Å². The Bertz CT molecular complexity index is 453. The van der Waals surface area contributed by atoms with Crippen LogP contribution in [-0.4, -0.2) is 23.7 Å². The molecule has 1 rings (SSSR count). The van der Waals surface area contributed by atoms with E-state index in [9.17, 15) is 9.59 Å². The first-order valence-corrected chi connectivity index (χ1v) is 6.49. The molecule has 1 aromatic rings. The Morgan fingerprint density at radius 1 is 1.50 bits per heavy atom. The van der Waals surface area contributed by atoms with E-state index in [1.165, 1.54) is 11.3 Å². The molecule has 0 radical (unpaired) electrons. The molecule has 1 aromatic heterocycles. The predicted molar refractivity (Wildman–Crippen MR) is 66.0 cm³/mol. The minimum absolute atomic E-state index is 0.201. The molecule has 0 saturated heterocycles. The van der Waals surface area contributed by atoms with Gasteiger partial charge in [0.05, 0.1) is 21.7 Å². The van der Waals surface area contributed by atoms with Gasteiger partial charge in [0.1, 0.15) is 0 Å². The summed E-state index contributed by atoms with van der Waals surface area (Å²) in [7, 11) is 0. The average Bonchev–Trinajstić information content (AvgIpc) is 2.74. The van der Waals surface area contributed by atoms with Gasteiger partial charge in [-0.05, 0) is 19.1 Å². The summed E-state index contributed by atoms with van der Waals surface area (Å²) >= 11 is 4.37. The maximum absolute atomic E-state index is 11.5. The number of halogens is 1. The number of thiophene rings is 1. The fourth-order valence-corrected chi connectivity index (χ4v) is 1.89. The third-order valence-corrected chi connectivity index (χ3v) is 2.85. The first-order chi connectivity index (χ1) is 7.69. The van der Waals surface area contributed by atoms with Gasteiger partial charge in [-0.25, -0.2) is 4.79 Å². The highest BCUT2D eigenvalue weighted by atomic mass is 79.9. The molecular formula is C11H9BrO3S. The van der Waals surface area contributed by atoms with Gasteiger partial charge in [-0.15, -0.1) is 11.3 Å². The highest BCUT2D eigenvalue weighted by Gasteiger charge is 2.18. The molecule has 0 N–H and O–H groups in total. The van der Waals surface area contributed by atoms with E-state index in [0.29, 0.717) is 10.2 Å². The Labute approximate surface area is 106 Å². The van der Waals surface area contributed by atoms with Crippen LogP contribution in [0.4, 0.5) is 0 Å². The zero-order valence-electron chi connectivity index (χ0n) is 8.58. The number of ether oxygens (including phenoxy) is 1. The number of hydrogen-bond donors (Lipinski definition) is 0. The van der Waals surface area contributed by atoms with Crippen LogP contribution in [0.1, 0.15) is 21.5 Å². The Hall–Kier alpha value is -1.12. The highest BCUT2D eigenvalue weighted by Crippen LogP contribution is 2.16. The minimum atomic E-state index is -0.815. The number of rotatable bonds is 3. The third-order valence-electron chi connectivity index (χ3n) is 1.57. The number of alkyl halides is 1. The van der Waals surface area contributed by atoms with E-state index in [1.54, 1.807) is 19.1 Å². The lowest BCUT2D eigenvalue weighted by atomic mass is 10.3. The lowest BCUT2D eigenvalue weighted by molar-refractivity contribution is -0.137. The molecular weight excluding hydrogens is 292 g/mol. The highest BCUT2D eigenvalue weighted by molar-refractivity contribution is 9.09.